The summed E-state index contributed by atoms with van der Waals surface area (Å²) >= 11 is 0. The normalized spacial score (nSPS) is 15.3. The second-order valence-electron chi connectivity index (χ2n) is 2.98. The Morgan fingerprint density at radius 2 is 1.75 bits per heavy atom. The van der Waals surface area contributed by atoms with Crippen molar-refractivity contribution in [2.75, 3.05) is 0 Å². The lowest BCUT2D eigenvalue weighted by Gasteiger charge is -1.96. The summed E-state index contributed by atoms with van der Waals surface area (Å²) in [6.07, 6.45) is 14.4. The molecule has 0 bridgehead atoms. The van der Waals surface area contributed by atoms with Gasteiger partial charge in [-0.05, 0) is 11.6 Å². The van der Waals surface area contributed by atoms with E-state index in [9.17, 15) is 0 Å². The molecule has 0 aromatic carbocycles. The molecule has 3 rings (SSSR count). The Morgan fingerprint density at radius 3 is 2.75 bits per heavy atom. The highest BCUT2D eigenvalue weighted by Gasteiger charge is 2.06. The maximum atomic E-state index is 4.34. The molecule has 0 amide bonds. The first-order valence-electron chi connectivity index (χ1n) is 4.01. The summed E-state index contributed by atoms with van der Waals surface area (Å²) in [5.41, 5.74) is 2.57. The van der Waals surface area contributed by atoms with Gasteiger partial charge in [0.2, 0.25) is 0 Å². The summed E-state index contributed by atoms with van der Waals surface area (Å²) in [5.74, 6) is 0. The van der Waals surface area contributed by atoms with Crippen LogP contribution < -0.4 is 10.6 Å². The van der Waals surface area contributed by atoms with Crippen molar-refractivity contribution < 1.29 is 0 Å². The van der Waals surface area contributed by atoms with Gasteiger partial charge in [0.1, 0.15) is 0 Å². The molecule has 1 heterocycles. The van der Waals surface area contributed by atoms with Crippen molar-refractivity contribution in [2.45, 2.75) is 0 Å². The molecule has 0 saturated carbocycles. The van der Waals surface area contributed by atoms with Crippen molar-refractivity contribution in [3.05, 3.63) is 40.0 Å². The van der Waals surface area contributed by atoms with E-state index in [1.807, 2.05) is 18.3 Å². The molecule has 0 N–H and O–H groups in total. The number of rotatable bonds is 0. The van der Waals surface area contributed by atoms with E-state index in [1.54, 1.807) is 0 Å². The van der Waals surface area contributed by atoms with Gasteiger partial charge >= 0.3 is 0 Å². The van der Waals surface area contributed by atoms with Gasteiger partial charge in [0.25, 0.3) is 0 Å². The molecule has 1 nitrogen and oxygen atoms in total. The standard InChI is InChI=1S/C11H7N/c1-3-8-7-12-11-6-2-5-10(11)9(8)4-1/h1-7H. The van der Waals surface area contributed by atoms with E-state index in [-0.39, 0.29) is 0 Å². The topological polar surface area (TPSA) is 12.9 Å². The Morgan fingerprint density at radius 1 is 0.917 bits per heavy atom. The lowest BCUT2D eigenvalue weighted by molar-refractivity contribution is 1.22. The zero-order chi connectivity index (χ0) is 7.97. The van der Waals surface area contributed by atoms with Gasteiger partial charge in [0, 0.05) is 17.0 Å². The Labute approximate surface area is 70.1 Å². The molecule has 2 aliphatic carbocycles. The van der Waals surface area contributed by atoms with Gasteiger partial charge in [0.05, 0.1) is 5.35 Å². The third kappa shape index (κ3) is 0.607. The van der Waals surface area contributed by atoms with Crippen molar-refractivity contribution in [3.63, 3.8) is 0 Å². The van der Waals surface area contributed by atoms with Gasteiger partial charge in [-0.3, -0.25) is 4.98 Å². The van der Waals surface area contributed by atoms with Crippen LogP contribution in [0.15, 0.2) is 18.3 Å². The Hall–Kier alpha value is -1.63. The molecule has 0 aliphatic heterocycles. The number of nitrogens with zero attached hydrogens (tertiary/aromatic N) is 1. The van der Waals surface area contributed by atoms with Gasteiger partial charge in [-0.2, -0.15) is 0 Å². The predicted octanol–water partition coefficient (Wildman–Crippen LogP) is 0.696. The van der Waals surface area contributed by atoms with Crippen LogP contribution in [0.2, 0.25) is 0 Å². The monoisotopic (exact) mass is 153 g/mol. The largest absolute Gasteiger partial charge is 0.256 e. The molecular weight excluding hydrogens is 146 g/mol. The molecule has 12 heavy (non-hydrogen) atoms. The third-order valence-corrected chi connectivity index (χ3v) is 2.28. The molecular formula is C11H7N. The third-order valence-electron chi connectivity index (χ3n) is 2.28. The minimum Gasteiger partial charge on any atom is -0.256 e. The van der Waals surface area contributed by atoms with Crippen LogP contribution in [0.4, 0.5) is 0 Å². The quantitative estimate of drug-likeness (QED) is 0.534. The number of aromatic nitrogens is 1. The average molecular weight is 153 g/mol. The van der Waals surface area contributed by atoms with Gasteiger partial charge in [-0.1, -0.05) is 30.4 Å². The van der Waals surface area contributed by atoms with Crippen LogP contribution in [0.1, 0.15) is 11.1 Å². The molecule has 1 aromatic rings. The fourth-order valence-corrected chi connectivity index (χ4v) is 1.68. The number of allylic oxidation sites excluding steroid dienone is 2. The van der Waals surface area contributed by atoms with Crippen LogP contribution in [0.25, 0.3) is 24.3 Å². The van der Waals surface area contributed by atoms with Gasteiger partial charge in [-0.15, -0.1) is 0 Å². The van der Waals surface area contributed by atoms with Crippen LogP contribution in [0.3, 0.4) is 0 Å². The molecule has 0 saturated heterocycles. The second-order valence-corrected chi connectivity index (χ2v) is 2.98. The highest BCUT2D eigenvalue weighted by molar-refractivity contribution is 5.78. The highest BCUT2D eigenvalue weighted by Crippen LogP contribution is 2.10. The summed E-state index contributed by atoms with van der Waals surface area (Å²) in [7, 11) is 0. The Bertz CT molecular complexity index is 470. The second kappa shape index (κ2) is 1.95. The lowest BCUT2D eigenvalue weighted by atomic mass is 10.1. The van der Waals surface area contributed by atoms with Crippen molar-refractivity contribution in [2.24, 2.45) is 0 Å². The first-order valence-corrected chi connectivity index (χ1v) is 4.01. The van der Waals surface area contributed by atoms with Gasteiger partial charge < -0.3 is 0 Å². The van der Waals surface area contributed by atoms with E-state index >= 15 is 0 Å². The molecule has 0 radical (unpaired) electrons. The molecule has 0 unspecified atom stereocenters. The summed E-state index contributed by atoms with van der Waals surface area (Å²) in [5, 5.41) is 2.32. The van der Waals surface area contributed by atoms with Crippen molar-refractivity contribution in [3.8, 4) is 0 Å². The molecule has 0 fully saturated rings. The van der Waals surface area contributed by atoms with Gasteiger partial charge in [0.15, 0.2) is 0 Å². The first kappa shape index (κ1) is 5.95. The SMILES string of the molecule is C1=Cc2c3c(ncc2=C1)=CC=C3. The zero-order valence-corrected chi connectivity index (χ0v) is 6.49. The fraction of sp³-hybridized carbons (Fsp3) is 0. The van der Waals surface area contributed by atoms with E-state index in [1.165, 1.54) is 16.3 Å². The fourth-order valence-electron chi connectivity index (χ4n) is 1.68. The number of hydrogen-bond acceptors (Lipinski definition) is 1. The van der Waals surface area contributed by atoms with Gasteiger partial charge in [-0.25, -0.2) is 0 Å². The van der Waals surface area contributed by atoms with Crippen LogP contribution >= 0.6 is 0 Å². The van der Waals surface area contributed by atoms with E-state index in [2.05, 4.69) is 29.3 Å². The van der Waals surface area contributed by atoms with Crippen molar-refractivity contribution in [1.29, 1.82) is 0 Å². The van der Waals surface area contributed by atoms with Crippen molar-refractivity contribution in [1.82, 2.24) is 4.98 Å². The lowest BCUT2D eigenvalue weighted by Crippen LogP contribution is -2.17. The molecule has 56 valence electrons. The maximum Gasteiger partial charge on any atom is 0.0708 e. The van der Waals surface area contributed by atoms with Crippen molar-refractivity contribution >= 4 is 24.3 Å². The Kier molecular flexibility index (Phi) is 0.965. The summed E-state index contributed by atoms with van der Waals surface area (Å²) in [4.78, 5) is 4.34. The molecule has 2 aliphatic rings. The van der Waals surface area contributed by atoms with E-state index in [4.69, 9.17) is 0 Å². The first-order chi connectivity index (χ1) is 5.95. The minimum absolute atomic E-state index is 1.09. The Balaban J connectivity index is 2.57. The zero-order valence-electron chi connectivity index (χ0n) is 6.49. The summed E-state index contributed by atoms with van der Waals surface area (Å²) < 4.78 is 0. The average Bonchev–Trinajstić information content (AvgIpc) is 2.71. The van der Waals surface area contributed by atoms with Crippen LogP contribution in [0.5, 0.6) is 0 Å². The molecule has 1 aromatic heterocycles. The summed E-state index contributed by atoms with van der Waals surface area (Å²) in [6, 6.07) is 0. The van der Waals surface area contributed by atoms with Crippen LogP contribution in [-0.4, -0.2) is 4.98 Å². The minimum atomic E-state index is 1.09. The number of pyridine rings is 1. The summed E-state index contributed by atoms with van der Waals surface area (Å²) in [6.45, 7) is 0. The molecule has 0 spiro atoms. The predicted molar refractivity (Wildman–Crippen MR) is 50.5 cm³/mol. The van der Waals surface area contributed by atoms with Crippen LogP contribution in [0, 0.1) is 0 Å². The number of hydrogen-bond donors (Lipinski definition) is 0. The van der Waals surface area contributed by atoms with E-state index < -0.39 is 0 Å². The molecule has 1 heteroatoms. The van der Waals surface area contributed by atoms with Crippen LogP contribution in [-0.2, 0) is 0 Å². The highest BCUT2D eigenvalue weighted by atomic mass is 14.6. The van der Waals surface area contributed by atoms with E-state index in [0.717, 1.165) is 5.35 Å². The smallest absolute Gasteiger partial charge is 0.0708 e. The molecule has 0 atom stereocenters. The number of fused-ring (bicyclic) bond motifs is 3. The maximum absolute atomic E-state index is 4.34. The van der Waals surface area contributed by atoms with E-state index in [0.29, 0.717) is 0 Å².